The standard InChI is InChI=1S/C24H32N4O2/c1-3-30-22-14-11-16(2)25-23(22)24(29)28-27-21-10-6-8-18(21)15-19-13-12-17-7-4-5-9-20(17)26-19/h4-5,7,9,11-14,18-19,21,23,25-27H,3,6,8,10,15H2,1-2H3,(H,28,29). The summed E-state index contributed by atoms with van der Waals surface area (Å²) >= 11 is 0. The van der Waals surface area contributed by atoms with E-state index in [9.17, 15) is 4.79 Å². The zero-order valence-electron chi connectivity index (χ0n) is 17.8. The average Bonchev–Trinajstić information content (AvgIpc) is 3.20. The van der Waals surface area contributed by atoms with Crippen LogP contribution in [-0.2, 0) is 9.53 Å². The summed E-state index contributed by atoms with van der Waals surface area (Å²) < 4.78 is 5.64. The predicted octanol–water partition coefficient (Wildman–Crippen LogP) is 3.47. The van der Waals surface area contributed by atoms with E-state index in [1.54, 1.807) is 0 Å². The van der Waals surface area contributed by atoms with Crippen LogP contribution in [0.3, 0.4) is 0 Å². The molecule has 1 aromatic carbocycles. The zero-order valence-corrected chi connectivity index (χ0v) is 17.8. The number of para-hydroxylation sites is 1. The molecule has 0 radical (unpaired) electrons. The van der Waals surface area contributed by atoms with E-state index < -0.39 is 6.04 Å². The van der Waals surface area contributed by atoms with E-state index in [-0.39, 0.29) is 11.9 Å². The highest BCUT2D eigenvalue weighted by atomic mass is 16.5. The number of hydrazine groups is 1. The molecule has 4 rings (SSSR count). The van der Waals surface area contributed by atoms with Crippen LogP contribution in [-0.4, -0.2) is 30.6 Å². The number of hydrogen-bond donors (Lipinski definition) is 4. The molecular formula is C24H32N4O2. The predicted molar refractivity (Wildman–Crippen MR) is 120 cm³/mol. The second-order valence-corrected chi connectivity index (χ2v) is 8.29. The van der Waals surface area contributed by atoms with Crippen molar-refractivity contribution in [2.45, 2.75) is 57.7 Å². The van der Waals surface area contributed by atoms with Gasteiger partial charge >= 0.3 is 0 Å². The summed E-state index contributed by atoms with van der Waals surface area (Å²) in [7, 11) is 0. The number of benzene rings is 1. The van der Waals surface area contributed by atoms with Crippen LogP contribution in [0.4, 0.5) is 5.69 Å². The summed E-state index contributed by atoms with van der Waals surface area (Å²) in [6, 6.07) is 8.50. The zero-order chi connectivity index (χ0) is 20.9. The Morgan fingerprint density at radius 3 is 2.93 bits per heavy atom. The molecule has 1 saturated carbocycles. The number of carbonyl (C=O) groups is 1. The number of ether oxygens (including phenoxy) is 1. The van der Waals surface area contributed by atoms with Crippen LogP contribution >= 0.6 is 0 Å². The highest BCUT2D eigenvalue weighted by Crippen LogP contribution is 2.32. The van der Waals surface area contributed by atoms with Gasteiger partial charge in [-0.15, -0.1) is 0 Å². The van der Waals surface area contributed by atoms with Gasteiger partial charge in [0.05, 0.1) is 6.61 Å². The van der Waals surface area contributed by atoms with Crippen LogP contribution in [0.15, 0.2) is 53.9 Å². The summed E-state index contributed by atoms with van der Waals surface area (Å²) in [4.78, 5) is 12.8. The van der Waals surface area contributed by atoms with E-state index in [4.69, 9.17) is 4.74 Å². The molecule has 4 atom stereocenters. The van der Waals surface area contributed by atoms with Gasteiger partial charge in [0, 0.05) is 23.5 Å². The molecule has 2 heterocycles. The average molecular weight is 409 g/mol. The van der Waals surface area contributed by atoms with E-state index in [1.807, 2.05) is 26.0 Å². The number of rotatable bonds is 7. The number of nitrogens with one attached hydrogen (secondary N) is 4. The smallest absolute Gasteiger partial charge is 0.264 e. The molecule has 6 nitrogen and oxygen atoms in total. The van der Waals surface area contributed by atoms with E-state index in [0.29, 0.717) is 24.3 Å². The number of fused-ring (bicyclic) bond motifs is 1. The molecule has 2 aliphatic heterocycles. The van der Waals surface area contributed by atoms with Crippen molar-refractivity contribution >= 4 is 17.7 Å². The van der Waals surface area contributed by atoms with Crippen LogP contribution in [0.1, 0.15) is 45.1 Å². The SMILES string of the molecule is CCOC1=CC=C(C)NC1C(=O)NNC1CCCC1CC1C=Cc2ccccc2N1. The number of anilines is 1. The third kappa shape index (κ3) is 4.70. The van der Waals surface area contributed by atoms with Gasteiger partial charge in [0.25, 0.3) is 5.91 Å². The number of hydrogen-bond acceptors (Lipinski definition) is 5. The first-order chi connectivity index (χ1) is 14.6. The molecule has 1 fully saturated rings. The summed E-state index contributed by atoms with van der Waals surface area (Å²) in [6.07, 6.45) is 12.7. The molecule has 0 aromatic heterocycles. The van der Waals surface area contributed by atoms with Crippen molar-refractivity contribution in [2.24, 2.45) is 5.92 Å². The van der Waals surface area contributed by atoms with Crippen molar-refractivity contribution in [1.29, 1.82) is 0 Å². The second kappa shape index (κ2) is 9.39. The maximum Gasteiger partial charge on any atom is 0.264 e. The van der Waals surface area contributed by atoms with Crippen molar-refractivity contribution in [3.63, 3.8) is 0 Å². The number of dihydropyridines is 1. The van der Waals surface area contributed by atoms with Crippen LogP contribution in [0, 0.1) is 5.92 Å². The quantitative estimate of drug-likeness (QED) is 0.520. The van der Waals surface area contributed by atoms with Crippen molar-refractivity contribution < 1.29 is 9.53 Å². The van der Waals surface area contributed by atoms with E-state index >= 15 is 0 Å². The number of carbonyl (C=O) groups excluding carboxylic acids is 1. The van der Waals surface area contributed by atoms with Gasteiger partial charge in [-0.3, -0.25) is 10.2 Å². The first-order valence-corrected chi connectivity index (χ1v) is 11.0. The summed E-state index contributed by atoms with van der Waals surface area (Å²) in [6.45, 7) is 4.41. The summed E-state index contributed by atoms with van der Waals surface area (Å²) in [5, 5.41) is 6.85. The Balaban J connectivity index is 1.31. The van der Waals surface area contributed by atoms with E-state index in [2.05, 4.69) is 57.9 Å². The molecule has 1 aliphatic carbocycles. The molecule has 3 aliphatic rings. The Kier molecular flexibility index (Phi) is 6.43. The van der Waals surface area contributed by atoms with Gasteiger partial charge in [-0.25, -0.2) is 5.43 Å². The van der Waals surface area contributed by atoms with Gasteiger partial charge in [0.2, 0.25) is 0 Å². The van der Waals surface area contributed by atoms with Crippen LogP contribution in [0.2, 0.25) is 0 Å². The number of allylic oxidation sites excluding steroid dienone is 3. The molecule has 1 aromatic rings. The third-order valence-corrected chi connectivity index (χ3v) is 6.13. The van der Waals surface area contributed by atoms with Crippen LogP contribution < -0.4 is 21.5 Å². The van der Waals surface area contributed by atoms with Crippen molar-refractivity contribution in [3.8, 4) is 0 Å². The molecule has 160 valence electrons. The Morgan fingerprint density at radius 2 is 2.07 bits per heavy atom. The topological polar surface area (TPSA) is 74.4 Å². The summed E-state index contributed by atoms with van der Waals surface area (Å²) in [5.41, 5.74) is 9.66. The fraction of sp³-hybridized carbons (Fsp3) is 0.458. The first kappa shape index (κ1) is 20.5. The minimum Gasteiger partial charge on any atom is -0.495 e. The molecule has 4 N–H and O–H groups in total. The minimum absolute atomic E-state index is 0.114. The lowest BCUT2D eigenvalue weighted by atomic mass is 9.92. The van der Waals surface area contributed by atoms with Crippen molar-refractivity contribution in [3.05, 3.63) is 59.5 Å². The van der Waals surface area contributed by atoms with Gasteiger partial charge in [-0.2, -0.15) is 0 Å². The summed E-state index contributed by atoms with van der Waals surface area (Å²) in [5.74, 6) is 1.05. The fourth-order valence-electron chi connectivity index (χ4n) is 4.59. The molecule has 4 unspecified atom stereocenters. The fourth-order valence-corrected chi connectivity index (χ4v) is 4.59. The van der Waals surface area contributed by atoms with Gasteiger partial charge in [-0.1, -0.05) is 36.8 Å². The third-order valence-electron chi connectivity index (χ3n) is 6.13. The van der Waals surface area contributed by atoms with E-state index in [1.165, 1.54) is 24.1 Å². The first-order valence-electron chi connectivity index (χ1n) is 11.0. The Morgan fingerprint density at radius 1 is 1.20 bits per heavy atom. The number of amides is 1. The lowest BCUT2D eigenvalue weighted by Gasteiger charge is -2.29. The molecular weight excluding hydrogens is 376 g/mol. The van der Waals surface area contributed by atoms with Crippen molar-refractivity contribution in [2.75, 3.05) is 11.9 Å². The Labute approximate surface area is 178 Å². The molecule has 0 spiro atoms. The minimum atomic E-state index is -0.498. The van der Waals surface area contributed by atoms with Gasteiger partial charge in [-0.05, 0) is 62.8 Å². The lowest BCUT2D eigenvalue weighted by Crippen LogP contribution is -2.54. The van der Waals surface area contributed by atoms with Gasteiger partial charge in [0.15, 0.2) is 6.04 Å². The molecule has 0 saturated heterocycles. The lowest BCUT2D eigenvalue weighted by molar-refractivity contribution is -0.124. The van der Waals surface area contributed by atoms with Gasteiger partial charge < -0.3 is 15.4 Å². The largest absolute Gasteiger partial charge is 0.495 e. The molecule has 1 amide bonds. The Hall–Kier alpha value is -2.73. The molecule has 30 heavy (non-hydrogen) atoms. The molecule has 0 bridgehead atoms. The highest BCUT2D eigenvalue weighted by Gasteiger charge is 2.32. The maximum atomic E-state index is 12.8. The van der Waals surface area contributed by atoms with E-state index in [0.717, 1.165) is 18.5 Å². The highest BCUT2D eigenvalue weighted by molar-refractivity contribution is 5.84. The van der Waals surface area contributed by atoms with Gasteiger partial charge in [0.1, 0.15) is 5.76 Å². The maximum absolute atomic E-state index is 12.8. The molecule has 6 heteroatoms. The monoisotopic (exact) mass is 408 g/mol. The Bertz CT molecular complexity index is 861. The van der Waals surface area contributed by atoms with Crippen molar-refractivity contribution in [1.82, 2.24) is 16.2 Å². The van der Waals surface area contributed by atoms with Crippen LogP contribution in [0.25, 0.3) is 6.08 Å². The van der Waals surface area contributed by atoms with Crippen LogP contribution in [0.5, 0.6) is 0 Å². The second-order valence-electron chi connectivity index (χ2n) is 8.29. The normalized spacial score (nSPS) is 27.3.